The van der Waals surface area contributed by atoms with E-state index in [2.05, 4.69) is 38.1 Å². The second-order valence-electron chi connectivity index (χ2n) is 9.15. The molecule has 0 aliphatic heterocycles. The average Bonchev–Trinajstić information content (AvgIpc) is 2.83. The van der Waals surface area contributed by atoms with E-state index in [1.165, 1.54) is 50.5 Å². The molecule has 2 aromatic carbocycles. The van der Waals surface area contributed by atoms with Gasteiger partial charge >= 0.3 is 0 Å². The molecule has 1 fully saturated rings. The van der Waals surface area contributed by atoms with Crippen LogP contribution in [0.5, 0.6) is 5.75 Å². The van der Waals surface area contributed by atoms with Gasteiger partial charge in [-0.15, -0.1) is 0 Å². The maximum absolute atomic E-state index is 14.8. The predicted octanol–water partition coefficient (Wildman–Crippen LogP) is 9.22. The SMILES string of the molecule is C/C=C\CC1CCC(c2ccc(-c3ccc(OCCCCCCC)c(F)c3F)cc2)CC1. The molecule has 174 valence electrons. The van der Waals surface area contributed by atoms with E-state index in [1.807, 2.05) is 12.1 Å². The fourth-order valence-electron chi connectivity index (χ4n) is 4.75. The van der Waals surface area contributed by atoms with Gasteiger partial charge < -0.3 is 4.74 Å². The Morgan fingerprint density at radius 2 is 1.59 bits per heavy atom. The predicted molar refractivity (Wildman–Crippen MR) is 130 cm³/mol. The summed E-state index contributed by atoms with van der Waals surface area (Å²) in [5, 5.41) is 0. The van der Waals surface area contributed by atoms with Crippen LogP contribution in [0.2, 0.25) is 0 Å². The third kappa shape index (κ3) is 6.67. The zero-order valence-corrected chi connectivity index (χ0v) is 19.7. The van der Waals surface area contributed by atoms with Crippen LogP contribution in [0.15, 0.2) is 48.6 Å². The fraction of sp³-hybridized carbons (Fsp3) is 0.517. The quantitative estimate of drug-likeness (QED) is 0.250. The summed E-state index contributed by atoms with van der Waals surface area (Å²) >= 11 is 0. The molecule has 1 aliphatic rings. The lowest BCUT2D eigenvalue weighted by Crippen LogP contribution is -2.12. The van der Waals surface area contributed by atoms with E-state index in [0.29, 0.717) is 23.7 Å². The van der Waals surface area contributed by atoms with Crippen molar-refractivity contribution in [3.05, 3.63) is 65.7 Å². The maximum atomic E-state index is 14.8. The van der Waals surface area contributed by atoms with Crippen molar-refractivity contribution in [2.24, 2.45) is 5.92 Å². The summed E-state index contributed by atoms with van der Waals surface area (Å²) in [6.07, 6.45) is 16.0. The molecule has 1 aliphatic carbocycles. The Morgan fingerprint density at radius 3 is 2.28 bits per heavy atom. The number of ether oxygens (including phenoxy) is 1. The van der Waals surface area contributed by atoms with Gasteiger partial charge in [0.25, 0.3) is 0 Å². The lowest BCUT2D eigenvalue weighted by molar-refractivity contribution is 0.285. The van der Waals surface area contributed by atoms with Crippen LogP contribution in [0, 0.1) is 17.6 Å². The van der Waals surface area contributed by atoms with Crippen molar-refractivity contribution >= 4 is 0 Å². The first-order chi connectivity index (χ1) is 15.6. The Bertz CT molecular complexity index is 848. The maximum Gasteiger partial charge on any atom is 0.201 e. The molecule has 0 unspecified atom stereocenters. The number of benzene rings is 2. The van der Waals surface area contributed by atoms with Gasteiger partial charge in [-0.3, -0.25) is 0 Å². The lowest BCUT2D eigenvalue weighted by atomic mass is 9.77. The third-order valence-corrected chi connectivity index (χ3v) is 6.80. The lowest BCUT2D eigenvalue weighted by Gasteiger charge is -2.28. The van der Waals surface area contributed by atoms with Crippen molar-refractivity contribution in [1.82, 2.24) is 0 Å². The average molecular weight is 441 g/mol. The Kier molecular flexibility index (Phi) is 9.77. The normalized spacial score (nSPS) is 18.9. The van der Waals surface area contributed by atoms with Crippen LogP contribution in [-0.4, -0.2) is 6.61 Å². The van der Waals surface area contributed by atoms with Crippen molar-refractivity contribution in [2.45, 2.75) is 84.0 Å². The van der Waals surface area contributed by atoms with Crippen molar-refractivity contribution in [1.29, 1.82) is 0 Å². The van der Waals surface area contributed by atoms with Gasteiger partial charge in [-0.2, -0.15) is 4.39 Å². The first kappa shape index (κ1) is 24.5. The van der Waals surface area contributed by atoms with Crippen LogP contribution in [0.25, 0.3) is 11.1 Å². The van der Waals surface area contributed by atoms with Crippen LogP contribution in [0.1, 0.15) is 89.5 Å². The van der Waals surface area contributed by atoms with E-state index in [0.717, 1.165) is 25.2 Å². The van der Waals surface area contributed by atoms with Crippen molar-refractivity contribution in [3.63, 3.8) is 0 Å². The summed E-state index contributed by atoms with van der Waals surface area (Å²) in [7, 11) is 0. The summed E-state index contributed by atoms with van der Waals surface area (Å²) < 4.78 is 34.8. The first-order valence-electron chi connectivity index (χ1n) is 12.5. The molecule has 0 amide bonds. The zero-order valence-electron chi connectivity index (χ0n) is 19.7. The van der Waals surface area contributed by atoms with Gasteiger partial charge in [-0.25, -0.2) is 4.39 Å². The molecule has 32 heavy (non-hydrogen) atoms. The Labute approximate surface area is 192 Å². The Hall–Kier alpha value is -2.16. The molecular formula is C29H38F2O. The summed E-state index contributed by atoms with van der Waals surface area (Å²) in [6.45, 7) is 4.67. The Balaban J connectivity index is 1.58. The molecule has 0 spiro atoms. The highest BCUT2D eigenvalue weighted by Gasteiger charge is 2.22. The summed E-state index contributed by atoms with van der Waals surface area (Å²) in [6, 6.07) is 11.2. The van der Waals surface area contributed by atoms with Crippen LogP contribution < -0.4 is 4.74 Å². The van der Waals surface area contributed by atoms with Gasteiger partial charge in [0.2, 0.25) is 5.82 Å². The van der Waals surface area contributed by atoms with E-state index >= 15 is 0 Å². The van der Waals surface area contributed by atoms with E-state index in [-0.39, 0.29) is 5.75 Å². The van der Waals surface area contributed by atoms with Gasteiger partial charge in [0.05, 0.1) is 6.61 Å². The van der Waals surface area contributed by atoms with Crippen molar-refractivity contribution < 1.29 is 13.5 Å². The minimum absolute atomic E-state index is 0.00744. The second kappa shape index (κ2) is 12.8. The number of rotatable bonds is 11. The molecule has 2 aromatic rings. The molecule has 0 radical (unpaired) electrons. The number of hydrogen-bond donors (Lipinski definition) is 0. The molecule has 0 bridgehead atoms. The van der Waals surface area contributed by atoms with Crippen LogP contribution >= 0.6 is 0 Å². The van der Waals surface area contributed by atoms with Gasteiger partial charge in [-0.1, -0.05) is 69.0 Å². The van der Waals surface area contributed by atoms with E-state index in [4.69, 9.17) is 4.74 Å². The molecule has 1 nitrogen and oxygen atoms in total. The van der Waals surface area contributed by atoms with Gasteiger partial charge in [0, 0.05) is 5.56 Å². The van der Waals surface area contributed by atoms with Crippen LogP contribution in [0.4, 0.5) is 8.78 Å². The molecular weight excluding hydrogens is 402 g/mol. The zero-order chi connectivity index (χ0) is 22.8. The van der Waals surface area contributed by atoms with Crippen molar-refractivity contribution in [2.75, 3.05) is 6.61 Å². The smallest absolute Gasteiger partial charge is 0.201 e. The minimum Gasteiger partial charge on any atom is -0.490 e. The molecule has 0 heterocycles. The monoisotopic (exact) mass is 440 g/mol. The minimum atomic E-state index is -0.889. The highest BCUT2D eigenvalue weighted by molar-refractivity contribution is 5.65. The fourth-order valence-corrected chi connectivity index (χ4v) is 4.75. The highest BCUT2D eigenvalue weighted by atomic mass is 19.2. The molecule has 0 N–H and O–H groups in total. The van der Waals surface area contributed by atoms with Gasteiger partial charge in [-0.05, 0) is 80.5 Å². The van der Waals surface area contributed by atoms with Gasteiger partial charge in [0.1, 0.15) is 0 Å². The first-order valence-corrected chi connectivity index (χ1v) is 12.5. The summed E-state index contributed by atoms with van der Waals surface area (Å²) in [4.78, 5) is 0. The number of halogens is 2. The number of hydrogen-bond acceptors (Lipinski definition) is 1. The van der Waals surface area contributed by atoms with Crippen LogP contribution in [-0.2, 0) is 0 Å². The van der Waals surface area contributed by atoms with E-state index in [9.17, 15) is 8.78 Å². The summed E-state index contributed by atoms with van der Waals surface area (Å²) in [5.41, 5.74) is 2.31. The largest absolute Gasteiger partial charge is 0.490 e. The van der Waals surface area contributed by atoms with Crippen molar-refractivity contribution in [3.8, 4) is 16.9 Å². The standard InChI is InChI=1S/C29H38F2O/c1-3-5-7-8-9-21-32-27-20-19-26(28(30)29(27)31)25-17-15-24(16-18-25)23-13-11-22(12-14-23)10-6-4-2/h4,6,15-20,22-23H,3,5,7-14,21H2,1-2H3/b6-4-. The Morgan fingerprint density at radius 1 is 0.875 bits per heavy atom. The molecule has 3 rings (SSSR count). The van der Waals surface area contributed by atoms with E-state index in [1.54, 1.807) is 12.1 Å². The third-order valence-electron chi connectivity index (χ3n) is 6.80. The molecule has 0 atom stereocenters. The van der Waals surface area contributed by atoms with Crippen LogP contribution in [0.3, 0.4) is 0 Å². The molecule has 3 heteroatoms. The van der Waals surface area contributed by atoms with Gasteiger partial charge in [0.15, 0.2) is 11.6 Å². The number of allylic oxidation sites excluding steroid dienone is 2. The number of unbranched alkanes of at least 4 members (excludes halogenated alkanes) is 4. The molecule has 1 saturated carbocycles. The molecule has 0 saturated heterocycles. The summed E-state index contributed by atoms with van der Waals surface area (Å²) in [5.74, 6) is -0.338. The van der Waals surface area contributed by atoms with E-state index < -0.39 is 11.6 Å². The second-order valence-corrected chi connectivity index (χ2v) is 9.15. The molecule has 0 aromatic heterocycles. The topological polar surface area (TPSA) is 9.23 Å². The highest BCUT2D eigenvalue weighted by Crippen LogP contribution is 2.38.